The number of benzene rings is 1. The van der Waals surface area contributed by atoms with Crippen LogP contribution in [0.15, 0.2) is 34.5 Å². The van der Waals surface area contributed by atoms with Gasteiger partial charge >= 0.3 is 5.97 Å². The number of carboxylic acids is 1. The summed E-state index contributed by atoms with van der Waals surface area (Å²) in [6.45, 7) is 0. The lowest BCUT2D eigenvalue weighted by molar-refractivity contribution is 0.0696. The van der Waals surface area contributed by atoms with E-state index in [0.717, 1.165) is 23.5 Å². The number of nitrogens with zero attached hydrogens (tertiary/aromatic N) is 1. The Labute approximate surface area is 112 Å². The zero-order valence-corrected chi connectivity index (χ0v) is 11.0. The molecule has 0 spiro atoms. The van der Waals surface area contributed by atoms with Crippen molar-refractivity contribution >= 4 is 27.1 Å². The average Bonchev–Trinajstić information content (AvgIpc) is 2.77. The molecule has 8 heteroatoms. The summed E-state index contributed by atoms with van der Waals surface area (Å²) in [6.07, 6.45) is 0. The lowest BCUT2D eigenvalue weighted by Crippen LogP contribution is -2.06. The SMILES string of the molecule is O=C(O)c1nc(CS(=O)(=O)c2cccc(F)c2)cs1. The third-order valence-corrected chi connectivity index (χ3v) is 4.75. The van der Waals surface area contributed by atoms with Gasteiger partial charge in [0.1, 0.15) is 5.82 Å². The van der Waals surface area contributed by atoms with Gasteiger partial charge in [-0.15, -0.1) is 11.3 Å². The van der Waals surface area contributed by atoms with Crippen LogP contribution < -0.4 is 0 Å². The topological polar surface area (TPSA) is 84.3 Å². The summed E-state index contributed by atoms with van der Waals surface area (Å²) >= 11 is 0.848. The first-order valence-electron chi connectivity index (χ1n) is 5.04. The molecular formula is C11H8FNO4S2. The number of carbonyl (C=O) groups is 1. The monoisotopic (exact) mass is 301 g/mol. The van der Waals surface area contributed by atoms with Crippen LogP contribution in [0.25, 0.3) is 0 Å². The van der Waals surface area contributed by atoms with Crippen LogP contribution in [0.5, 0.6) is 0 Å². The number of halogens is 1. The normalized spacial score (nSPS) is 11.4. The standard InChI is InChI=1S/C11H8FNO4S2/c12-7-2-1-3-9(4-7)19(16,17)6-8-5-18-10(13-8)11(14)15/h1-5H,6H2,(H,14,15). The van der Waals surface area contributed by atoms with Gasteiger partial charge in [-0.2, -0.15) is 0 Å². The Kier molecular flexibility index (Phi) is 3.63. The molecule has 1 N–H and O–H groups in total. The Bertz CT molecular complexity index is 724. The number of aromatic carboxylic acids is 1. The lowest BCUT2D eigenvalue weighted by atomic mass is 10.4. The maximum absolute atomic E-state index is 13.0. The van der Waals surface area contributed by atoms with Gasteiger partial charge in [0.15, 0.2) is 9.84 Å². The first kappa shape index (κ1) is 13.6. The highest BCUT2D eigenvalue weighted by Gasteiger charge is 2.19. The van der Waals surface area contributed by atoms with Crippen molar-refractivity contribution in [2.75, 3.05) is 0 Å². The van der Waals surface area contributed by atoms with Crippen LogP contribution in [0.1, 0.15) is 15.5 Å². The van der Waals surface area contributed by atoms with Crippen LogP contribution >= 0.6 is 11.3 Å². The van der Waals surface area contributed by atoms with E-state index in [4.69, 9.17) is 5.11 Å². The first-order chi connectivity index (χ1) is 8.88. The van der Waals surface area contributed by atoms with Crippen molar-refractivity contribution in [2.45, 2.75) is 10.6 Å². The zero-order valence-electron chi connectivity index (χ0n) is 9.41. The fourth-order valence-electron chi connectivity index (χ4n) is 1.41. The van der Waals surface area contributed by atoms with Gasteiger partial charge in [0.05, 0.1) is 16.3 Å². The molecule has 0 radical (unpaired) electrons. The second-order valence-electron chi connectivity index (χ2n) is 3.67. The number of carboxylic acid groups (broad SMARTS) is 1. The smallest absolute Gasteiger partial charge is 0.365 e. The number of hydrogen-bond acceptors (Lipinski definition) is 5. The molecule has 5 nitrogen and oxygen atoms in total. The van der Waals surface area contributed by atoms with E-state index < -0.39 is 27.4 Å². The van der Waals surface area contributed by atoms with E-state index >= 15 is 0 Å². The van der Waals surface area contributed by atoms with Crippen LogP contribution in [0, 0.1) is 5.82 Å². The first-order valence-corrected chi connectivity index (χ1v) is 7.58. The van der Waals surface area contributed by atoms with Gasteiger partial charge in [0.2, 0.25) is 5.01 Å². The second kappa shape index (κ2) is 5.06. The number of rotatable bonds is 4. The maximum Gasteiger partial charge on any atom is 0.365 e. The Morgan fingerprint density at radius 3 is 2.74 bits per heavy atom. The summed E-state index contributed by atoms with van der Waals surface area (Å²) in [7, 11) is -3.74. The van der Waals surface area contributed by atoms with Gasteiger partial charge < -0.3 is 5.11 Å². The molecule has 1 aromatic carbocycles. The van der Waals surface area contributed by atoms with Crippen LogP contribution in [-0.2, 0) is 15.6 Å². The van der Waals surface area contributed by atoms with Gasteiger partial charge in [-0.1, -0.05) is 6.07 Å². The van der Waals surface area contributed by atoms with E-state index in [-0.39, 0.29) is 15.6 Å². The highest BCUT2D eigenvalue weighted by molar-refractivity contribution is 7.90. The third-order valence-electron chi connectivity index (χ3n) is 2.23. The highest BCUT2D eigenvalue weighted by atomic mass is 32.2. The maximum atomic E-state index is 13.0. The Morgan fingerprint density at radius 2 is 2.16 bits per heavy atom. The van der Waals surface area contributed by atoms with Crippen LogP contribution in [0.4, 0.5) is 4.39 Å². The molecular weight excluding hydrogens is 293 g/mol. The summed E-state index contributed by atoms with van der Waals surface area (Å²) in [5.74, 6) is -2.31. The molecule has 0 amide bonds. The Balaban J connectivity index is 2.28. The molecule has 0 saturated heterocycles. The van der Waals surface area contributed by atoms with E-state index in [1.54, 1.807) is 0 Å². The Hall–Kier alpha value is -1.80. The van der Waals surface area contributed by atoms with E-state index in [0.29, 0.717) is 0 Å². The van der Waals surface area contributed by atoms with Gasteiger partial charge in [-0.25, -0.2) is 22.6 Å². The van der Waals surface area contributed by atoms with Crippen molar-refractivity contribution in [3.8, 4) is 0 Å². The van der Waals surface area contributed by atoms with E-state index in [1.165, 1.54) is 17.5 Å². The molecule has 1 aromatic heterocycles. The molecule has 2 rings (SSSR count). The fourth-order valence-corrected chi connectivity index (χ4v) is 3.45. The average molecular weight is 301 g/mol. The minimum absolute atomic E-state index is 0.131. The van der Waals surface area contributed by atoms with Crippen molar-refractivity contribution in [3.63, 3.8) is 0 Å². The fraction of sp³-hybridized carbons (Fsp3) is 0.0909. The molecule has 0 aliphatic rings. The molecule has 100 valence electrons. The molecule has 0 atom stereocenters. The molecule has 0 bridgehead atoms. The highest BCUT2D eigenvalue weighted by Crippen LogP contribution is 2.19. The number of hydrogen-bond donors (Lipinski definition) is 1. The Morgan fingerprint density at radius 1 is 1.42 bits per heavy atom. The molecule has 0 fully saturated rings. The summed E-state index contributed by atoms with van der Waals surface area (Å²) in [6, 6.07) is 4.64. The lowest BCUT2D eigenvalue weighted by Gasteiger charge is -2.02. The van der Waals surface area contributed by atoms with E-state index in [2.05, 4.69) is 4.98 Å². The van der Waals surface area contributed by atoms with Gasteiger partial charge in [-0.3, -0.25) is 0 Å². The molecule has 19 heavy (non-hydrogen) atoms. The van der Waals surface area contributed by atoms with Gasteiger partial charge in [0, 0.05) is 5.38 Å². The number of thiazole rings is 1. The van der Waals surface area contributed by atoms with Crippen molar-refractivity contribution in [3.05, 3.63) is 46.2 Å². The molecule has 0 saturated carbocycles. The van der Waals surface area contributed by atoms with Gasteiger partial charge in [0.25, 0.3) is 0 Å². The summed E-state index contributed by atoms with van der Waals surface area (Å²) in [5, 5.41) is 9.88. The van der Waals surface area contributed by atoms with E-state index in [9.17, 15) is 17.6 Å². The minimum Gasteiger partial charge on any atom is -0.476 e. The molecule has 0 aliphatic carbocycles. The van der Waals surface area contributed by atoms with Crippen molar-refractivity contribution in [2.24, 2.45) is 0 Å². The quantitative estimate of drug-likeness (QED) is 0.933. The molecule has 0 unspecified atom stereocenters. The van der Waals surface area contributed by atoms with Crippen LogP contribution in [0.2, 0.25) is 0 Å². The predicted octanol–water partition coefficient (Wildman–Crippen LogP) is 1.95. The molecule has 2 aromatic rings. The van der Waals surface area contributed by atoms with Crippen molar-refractivity contribution in [1.29, 1.82) is 0 Å². The van der Waals surface area contributed by atoms with Gasteiger partial charge in [-0.05, 0) is 18.2 Å². The summed E-state index contributed by atoms with van der Waals surface area (Å²) in [4.78, 5) is 14.2. The number of aromatic nitrogens is 1. The second-order valence-corrected chi connectivity index (χ2v) is 6.51. The largest absolute Gasteiger partial charge is 0.476 e. The minimum atomic E-state index is -3.74. The van der Waals surface area contributed by atoms with Crippen LogP contribution in [-0.4, -0.2) is 24.5 Å². The number of sulfone groups is 1. The zero-order chi connectivity index (χ0) is 14.0. The van der Waals surface area contributed by atoms with Crippen molar-refractivity contribution in [1.82, 2.24) is 4.98 Å². The predicted molar refractivity (Wildman–Crippen MR) is 66.4 cm³/mol. The third kappa shape index (κ3) is 3.15. The molecule has 1 heterocycles. The summed E-state index contributed by atoms with van der Waals surface area (Å²) < 4.78 is 37.0. The van der Waals surface area contributed by atoms with Crippen LogP contribution in [0.3, 0.4) is 0 Å². The van der Waals surface area contributed by atoms with Crippen molar-refractivity contribution < 1.29 is 22.7 Å². The van der Waals surface area contributed by atoms with E-state index in [1.807, 2.05) is 0 Å². The summed E-state index contributed by atoms with van der Waals surface area (Å²) in [5.41, 5.74) is 0.131. The molecule has 0 aliphatic heterocycles.